The van der Waals surface area contributed by atoms with Crippen molar-refractivity contribution >= 4 is 16.8 Å². The third-order valence-corrected chi connectivity index (χ3v) is 6.40. The average Bonchev–Trinajstić information content (AvgIpc) is 3.47. The van der Waals surface area contributed by atoms with Crippen molar-refractivity contribution in [3.05, 3.63) is 89.1 Å². The van der Waals surface area contributed by atoms with Crippen molar-refractivity contribution in [2.45, 2.75) is 19.4 Å². The van der Waals surface area contributed by atoms with Crippen molar-refractivity contribution in [3.63, 3.8) is 0 Å². The standard InChI is InChI=1S/C27H24N2O4/c1-2-31-19-7-5-6-17(14-19)26-25-21(20-8-3-4-9-22(20)28-25)12-13-29(26)27(30)18-10-11-23-24(15-18)33-16-32-23/h3-11,14-15,26,28H,2,12-13,16H2,1H3/t26-/m0/s1. The van der Waals surface area contributed by atoms with Crippen LogP contribution in [-0.2, 0) is 6.42 Å². The molecular formula is C27H24N2O4. The van der Waals surface area contributed by atoms with Gasteiger partial charge < -0.3 is 24.1 Å². The smallest absolute Gasteiger partial charge is 0.254 e. The van der Waals surface area contributed by atoms with Gasteiger partial charge >= 0.3 is 0 Å². The van der Waals surface area contributed by atoms with Crippen molar-refractivity contribution in [2.24, 2.45) is 0 Å². The summed E-state index contributed by atoms with van der Waals surface area (Å²) in [5.41, 5.74) is 5.02. The lowest BCUT2D eigenvalue weighted by molar-refractivity contribution is 0.0691. The number of amides is 1. The lowest BCUT2D eigenvalue weighted by Gasteiger charge is -2.36. The molecule has 1 atom stereocenters. The normalized spacial score (nSPS) is 16.6. The first-order chi connectivity index (χ1) is 16.2. The largest absolute Gasteiger partial charge is 0.494 e. The summed E-state index contributed by atoms with van der Waals surface area (Å²) in [4.78, 5) is 19.4. The molecule has 1 amide bonds. The van der Waals surface area contributed by atoms with Gasteiger partial charge in [-0.3, -0.25) is 4.79 Å². The van der Waals surface area contributed by atoms with Crippen LogP contribution in [0.5, 0.6) is 17.2 Å². The Bertz CT molecular complexity index is 1360. The first-order valence-corrected chi connectivity index (χ1v) is 11.3. The van der Waals surface area contributed by atoms with Gasteiger partial charge in [-0.2, -0.15) is 0 Å². The van der Waals surface area contributed by atoms with E-state index in [1.165, 1.54) is 10.9 Å². The molecule has 0 bridgehead atoms. The van der Waals surface area contributed by atoms with Gasteiger partial charge in [0, 0.05) is 28.7 Å². The number of para-hydroxylation sites is 1. The van der Waals surface area contributed by atoms with Crippen LogP contribution in [0.3, 0.4) is 0 Å². The van der Waals surface area contributed by atoms with Crippen molar-refractivity contribution < 1.29 is 19.0 Å². The number of hydrogen-bond donors (Lipinski definition) is 1. The minimum Gasteiger partial charge on any atom is -0.494 e. The summed E-state index contributed by atoms with van der Waals surface area (Å²) in [6, 6.07) is 21.5. The highest BCUT2D eigenvalue weighted by atomic mass is 16.7. The predicted molar refractivity (Wildman–Crippen MR) is 125 cm³/mol. The number of aromatic nitrogens is 1. The molecule has 6 rings (SSSR count). The highest BCUT2D eigenvalue weighted by Crippen LogP contribution is 2.40. The number of H-pyrrole nitrogens is 1. The van der Waals surface area contributed by atoms with Crippen LogP contribution >= 0.6 is 0 Å². The number of carbonyl (C=O) groups excluding carboxylic acids is 1. The minimum atomic E-state index is -0.250. The van der Waals surface area contributed by atoms with Gasteiger partial charge in [0.25, 0.3) is 5.91 Å². The van der Waals surface area contributed by atoms with E-state index in [9.17, 15) is 4.79 Å². The first kappa shape index (κ1) is 19.7. The number of carbonyl (C=O) groups is 1. The molecule has 0 unspecified atom stereocenters. The zero-order chi connectivity index (χ0) is 22.4. The number of hydrogen-bond acceptors (Lipinski definition) is 4. The van der Waals surface area contributed by atoms with Crippen molar-refractivity contribution in [1.82, 2.24) is 9.88 Å². The Morgan fingerprint density at radius 1 is 1.06 bits per heavy atom. The second-order valence-corrected chi connectivity index (χ2v) is 8.29. The zero-order valence-corrected chi connectivity index (χ0v) is 18.3. The average molecular weight is 440 g/mol. The fourth-order valence-corrected chi connectivity index (χ4v) is 4.94. The Labute approximate surface area is 191 Å². The summed E-state index contributed by atoms with van der Waals surface area (Å²) >= 11 is 0. The van der Waals surface area contributed by atoms with Gasteiger partial charge in [-0.15, -0.1) is 0 Å². The van der Waals surface area contributed by atoms with E-state index in [4.69, 9.17) is 14.2 Å². The molecule has 6 heteroatoms. The summed E-state index contributed by atoms with van der Waals surface area (Å²) in [5, 5.41) is 1.22. The van der Waals surface area contributed by atoms with Gasteiger partial charge in [0.2, 0.25) is 6.79 Å². The molecule has 166 valence electrons. The number of fused-ring (bicyclic) bond motifs is 4. The monoisotopic (exact) mass is 440 g/mol. The van der Waals surface area contributed by atoms with E-state index in [-0.39, 0.29) is 18.7 Å². The zero-order valence-electron chi connectivity index (χ0n) is 18.3. The van der Waals surface area contributed by atoms with Crippen molar-refractivity contribution in [2.75, 3.05) is 19.9 Å². The topological polar surface area (TPSA) is 63.8 Å². The van der Waals surface area contributed by atoms with Gasteiger partial charge in [-0.05, 0) is 60.9 Å². The highest BCUT2D eigenvalue weighted by Gasteiger charge is 2.35. The molecule has 1 aromatic heterocycles. The predicted octanol–water partition coefficient (Wildman–Crippen LogP) is 5.08. The molecule has 0 saturated heterocycles. The molecule has 2 aliphatic rings. The number of aromatic amines is 1. The summed E-state index contributed by atoms with van der Waals surface area (Å²) in [6.45, 7) is 3.36. The lowest BCUT2D eigenvalue weighted by Crippen LogP contribution is -2.40. The van der Waals surface area contributed by atoms with Crippen molar-refractivity contribution in [3.8, 4) is 17.2 Å². The number of rotatable bonds is 4. The molecule has 3 heterocycles. The van der Waals surface area contributed by atoms with Crippen LogP contribution in [-0.4, -0.2) is 35.7 Å². The Balaban J connectivity index is 1.47. The van der Waals surface area contributed by atoms with Gasteiger partial charge in [-0.25, -0.2) is 0 Å². The second kappa shape index (κ2) is 7.89. The van der Waals surface area contributed by atoms with E-state index in [1.54, 1.807) is 12.1 Å². The summed E-state index contributed by atoms with van der Waals surface area (Å²) in [5.74, 6) is 2.04. The molecule has 0 saturated carbocycles. The molecule has 2 aliphatic heterocycles. The maximum absolute atomic E-state index is 13.8. The molecule has 0 aliphatic carbocycles. The van der Waals surface area contributed by atoms with E-state index in [1.807, 2.05) is 42.2 Å². The molecular weight excluding hydrogens is 416 g/mol. The number of nitrogens with one attached hydrogen (secondary N) is 1. The Morgan fingerprint density at radius 2 is 1.94 bits per heavy atom. The van der Waals surface area contributed by atoms with E-state index in [0.29, 0.717) is 30.2 Å². The van der Waals surface area contributed by atoms with E-state index < -0.39 is 0 Å². The lowest BCUT2D eigenvalue weighted by atomic mass is 9.91. The Kier molecular flexibility index (Phi) is 4.72. The Morgan fingerprint density at radius 3 is 2.85 bits per heavy atom. The number of nitrogens with zero attached hydrogens (tertiary/aromatic N) is 1. The van der Waals surface area contributed by atoms with E-state index >= 15 is 0 Å². The first-order valence-electron chi connectivity index (χ1n) is 11.3. The van der Waals surface area contributed by atoms with Crippen LogP contribution in [0, 0.1) is 0 Å². The minimum absolute atomic E-state index is 0.0376. The van der Waals surface area contributed by atoms with E-state index in [0.717, 1.165) is 28.9 Å². The molecule has 6 nitrogen and oxygen atoms in total. The quantitative estimate of drug-likeness (QED) is 0.481. The SMILES string of the molecule is CCOc1cccc([C@H]2c3[nH]c4ccccc4c3CCN2C(=O)c2ccc3c(c2)OCO3)c1. The van der Waals surface area contributed by atoms with Gasteiger partial charge in [-0.1, -0.05) is 30.3 Å². The molecule has 4 aromatic rings. The van der Waals surface area contributed by atoms with Crippen LogP contribution < -0.4 is 14.2 Å². The van der Waals surface area contributed by atoms with E-state index in [2.05, 4.69) is 29.2 Å². The third kappa shape index (κ3) is 3.30. The summed E-state index contributed by atoms with van der Waals surface area (Å²) in [7, 11) is 0. The van der Waals surface area contributed by atoms with Gasteiger partial charge in [0.05, 0.1) is 12.6 Å². The maximum atomic E-state index is 13.8. The molecule has 1 N–H and O–H groups in total. The molecule has 0 fully saturated rings. The Hall–Kier alpha value is -3.93. The van der Waals surface area contributed by atoms with Crippen LogP contribution in [0.15, 0.2) is 66.7 Å². The molecule has 3 aromatic carbocycles. The number of ether oxygens (including phenoxy) is 3. The fourth-order valence-electron chi connectivity index (χ4n) is 4.94. The summed E-state index contributed by atoms with van der Waals surface area (Å²) < 4.78 is 16.7. The fraction of sp³-hybridized carbons (Fsp3) is 0.222. The van der Waals surface area contributed by atoms with Crippen LogP contribution in [0.1, 0.15) is 40.1 Å². The van der Waals surface area contributed by atoms with Crippen LogP contribution in [0.2, 0.25) is 0 Å². The van der Waals surface area contributed by atoms with Gasteiger partial charge in [0.15, 0.2) is 11.5 Å². The van der Waals surface area contributed by atoms with Crippen molar-refractivity contribution in [1.29, 1.82) is 0 Å². The summed E-state index contributed by atoms with van der Waals surface area (Å²) in [6.07, 6.45) is 0.789. The highest BCUT2D eigenvalue weighted by molar-refractivity contribution is 5.96. The second-order valence-electron chi connectivity index (χ2n) is 8.29. The molecule has 0 radical (unpaired) electrons. The molecule has 0 spiro atoms. The number of benzene rings is 3. The van der Waals surface area contributed by atoms with Crippen LogP contribution in [0.4, 0.5) is 0 Å². The van der Waals surface area contributed by atoms with Crippen LogP contribution in [0.25, 0.3) is 10.9 Å². The maximum Gasteiger partial charge on any atom is 0.254 e. The van der Waals surface area contributed by atoms with Gasteiger partial charge in [0.1, 0.15) is 5.75 Å². The molecule has 33 heavy (non-hydrogen) atoms. The third-order valence-electron chi connectivity index (χ3n) is 6.40.